The van der Waals surface area contributed by atoms with Crippen LogP contribution in [0.3, 0.4) is 0 Å². The van der Waals surface area contributed by atoms with E-state index in [9.17, 15) is 14.4 Å². The minimum Gasteiger partial charge on any atom is -0.457 e. The molecule has 0 aromatic heterocycles. The van der Waals surface area contributed by atoms with Crippen LogP contribution in [0.2, 0.25) is 0 Å². The summed E-state index contributed by atoms with van der Waals surface area (Å²) < 4.78 is 5.75. The van der Waals surface area contributed by atoms with Gasteiger partial charge >= 0.3 is 0 Å². The number of Topliss-reactive ketones (excluding diaryl/α,β-unsaturated/α-hetero) is 1. The average Bonchev–Trinajstić information content (AvgIpc) is 3.00. The van der Waals surface area contributed by atoms with Gasteiger partial charge in [-0.3, -0.25) is 19.3 Å². The van der Waals surface area contributed by atoms with Gasteiger partial charge < -0.3 is 10.1 Å². The second kappa shape index (κ2) is 6.39. The van der Waals surface area contributed by atoms with Gasteiger partial charge in [0.2, 0.25) is 5.91 Å². The van der Waals surface area contributed by atoms with Crippen molar-refractivity contribution in [1.82, 2.24) is 5.32 Å². The van der Waals surface area contributed by atoms with Gasteiger partial charge in [-0.15, -0.1) is 0 Å². The lowest BCUT2D eigenvalue weighted by Crippen LogP contribution is -2.64. The van der Waals surface area contributed by atoms with E-state index < -0.39 is 11.4 Å². The van der Waals surface area contributed by atoms with E-state index in [0.717, 1.165) is 0 Å². The summed E-state index contributed by atoms with van der Waals surface area (Å²) in [5.74, 6) is 0.256. The van der Waals surface area contributed by atoms with Crippen LogP contribution in [0.1, 0.15) is 19.3 Å². The summed E-state index contributed by atoms with van der Waals surface area (Å²) in [6.45, 7) is 3.67. The van der Waals surface area contributed by atoms with E-state index in [1.54, 1.807) is 24.3 Å². The molecular formula is C21H18N2O4. The molecule has 27 heavy (non-hydrogen) atoms. The molecule has 6 heteroatoms. The number of nitrogens with zero attached hydrogens (tertiary/aromatic N) is 1. The minimum atomic E-state index is -1.49. The minimum absolute atomic E-state index is 0.0325. The van der Waals surface area contributed by atoms with Gasteiger partial charge in [-0.2, -0.15) is 0 Å². The summed E-state index contributed by atoms with van der Waals surface area (Å²) in [6, 6.07) is 16.1. The Hall–Kier alpha value is -3.41. The summed E-state index contributed by atoms with van der Waals surface area (Å²) in [7, 11) is 0. The molecular weight excluding hydrogens is 344 g/mol. The third-order valence-corrected chi connectivity index (χ3v) is 4.91. The van der Waals surface area contributed by atoms with Crippen molar-refractivity contribution >= 4 is 23.3 Å². The van der Waals surface area contributed by atoms with Gasteiger partial charge in [-0.25, -0.2) is 0 Å². The van der Waals surface area contributed by atoms with Crippen molar-refractivity contribution in [2.75, 3.05) is 4.90 Å². The molecule has 6 nitrogen and oxygen atoms in total. The number of ether oxygens (including phenoxy) is 1. The number of nitrogens with one attached hydrogen (secondary N) is 1. The lowest BCUT2D eigenvalue weighted by atomic mass is 9.84. The Kier molecular flexibility index (Phi) is 4.03. The second-order valence-corrected chi connectivity index (χ2v) is 6.66. The molecule has 2 fully saturated rings. The Morgan fingerprint density at radius 2 is 1.63 bits per heavy atom. The fraction of sp³-hybridized carbons (Fsp3) is 0.190. The maximum atomic E-state index is 12.7. The first-order valence-corrected chi connectivity index (χ1v) is 8.69. The molecule has 0 aliphatic carbocycles. The van der Waals surface area contributed by atoms with Crippen LogP contribution in [0.15, 0.2) is 66.9 Å². The van der Waals surface area contributed by atoms with Gasteiger partial charge in [0.25, 0.3) is 5.91 Å². The Balaban J connectivity index is 1.65. The molecule has 1 N–H and O–H groups in total. The molecule has 0 radical (unpaired) electrons. The van der Waals surface area contributed by atoms with Crippen molar-refractivity contribution in [1.29, 1.82) is 0 Å². The summed E-state index contributed by atoms with van der Waals surface area (Å²) in [5.41, 5.74) is -0.629. The Morgan fingerprint density at radius 3 is 2.30 bits per heavy atom. The van der Waals surface area contributed by atoms with Crippen LogP contribution in [0, 0.1) is 0 Å². The zero-order valence-electron chi connectivity index (χ0n) is 14.6. The number of amides is 2. The molecule has 1 atom stereocenters. The maximum absolute atomic E-state index is 12.7. The second-order valence-electron chi connectivity index (χ2n) is 6.66. The van der Waals surface area contributed by atoms with E-state index in [1.807, 2.05) is 30.3 Å². The number of para-hydroxylation sites is 1. The number of benzene rings is 2. The van der Waals surface area contributed by atoms with E-state index in [4.69, 9.17) is 4.74 Å². The predicted molar refractivity (Wildman–Crippen MR) is 99.3 cm³/mol. The molecule has 1 unspecified atom stereocenters. The summed E-state index contributed by atoms with van der Waals surface area (Å²) >= 11 is 0. The van der Waals surface area contributed by atoms with E-state index in [2.05, 4.69) is 11.9 Å². The molecule has 2 aliphatic heterocycles. The highest BCUT2D eigenvalue weighted by atomic mass is 16.5. The van der Waals surface area contributed by atoms with E-state index in [-0.39, 0.29) is 31.0 Å². The summed E-state index contributed by atoms with van der Waals surface area (Å²) in [4.78, 5) is 39.3. The summed E-state index contributed by atoms with van der Waals surface area (Å²) in [6.07, 6.45) is 0.352. The fourth-order valence-electron chi connectivity index (χ4n) is 3.63. The lowest BCUT2D eigenvalue weighted by molar-refractivity contribution is -0.138. The van der Waals surface area contributed by atoms with Crippen molar-refractivity contribution < 1.29 is 19.1 Å². The fourth-order valence-corrected chi connectivity index (χ4v) is 3.63. The molecule has 4 rings (SSSR count). The molecule has 2 aromatic carbocycles. The van der Waals surface area contributed by atoms with Gasteiger partial charge in [-0.05, 0) is 42.8 Å². The maximum Gasteiger partial charge on any atom is 0.258 e. The Bertz CT molecular complexity index is 914. The SMILES string of the molecule is C=C1CC(=O)C2(CCC(=O)N2c2ccc(Oc3ccccc3)cc2)C(=O)N1. The van der Waals surface area contributed by atoms with Gasteiger partial charge in [0.15, 0.2) is 11.3 Å². The monoisotopic (exact) mass is 362 g/mol. The van der Waals surface area contributed by atoms with Crippen molar-refractivity contribution in [3.05, 3.63) is 66.9 Å². The van der Waals surface area contributed by atoms with Gasteiger partial charge in [0.05, 0.1) is 0 Å². The third-order valence-electron chi connectivity index (χ3n) is 4.91. The number of allylic oxidation sites excluding steroid dienone is 1. The number of rotatable bonds is 3. The number of ketones is 1. The highest BCUT2D eigenvalue weighted by Crippen LogP contribution is 2.40. The standard InChI is InChI=1S/C21H18N2O4/c1-14-13-18(24)21(20(26)22-14)12-11-19(25)23(21)15-7-9-17(10-8-15)27-16-5-3-2-4-6-16/h2-10H,1,11-13H2,(H,22,26). The van der Waals surface area contributed by atoms with E-state index in [0.29, 0.717) is 22.9 Å². The van der Waals surface area contributed by atoms with Crippen molar-refractivity contribution in [2.24, 2.45) is 0 Å². The number of piperidine rings is 1. The van der Waals surface area contributed by atoms with Gasteiger partial charge in [-0.1, -0.05) is 24.8 Å². The van der Waals surface area contributed by atoms with Crippen LogP contribution < -0.4 is 15.0 Å². The predicted octanol–water partition coefficient (Wildman–Crippen LogP) is 2.95. The molecule has 2 heterocycles. The quantitative estimate of drug-likeness (QED) is 0.852. The van der Waals surface area contributed by atoms with Gasteiger partial charge in [0, 0.05) is 24.2 Å². The highest BCUT2D eigenvalue weighted by Gasteiger charge is 2.58. The first-order chi connectivity index (χ1) is 13.0. The van der Waals surface area contributed by atoms with Crippen molar-refractivity contribution in [3.63, 3.8) is 0 Å². The Morgan fingerprint density at radius 1 is 0.963 bits per heavy atom. The summed E-state index contributed by atoms with van der Waals surface area (Å²) in [5, 5.41) is 2.63. The molecule has 0 bridgehead atoms. The molecule has 2 aromatic rings. The average molecular weight is 362 g/mol. The molecule has 136 valence electrons. The lowest BCUT2D eigenvalue weighted by Gasteiger charge is -2.39. The topological polar surface area (TPSA) is 75.7 Å². The van der Waals surface area contributed by atoms with Crippen LogP contribution in [-0.2, 0) is 14.4 Å². The molecule has 2 saturated heterocycles. The van der Waals surface area contributed by atoms with Crippen LogP contribution in [0.25, 0.3) is 0 Å². The van der Waals surface area contributed by atoms with E-state index in [1.165, 1.54) is 4.90 Å². The number of carbonyl (C=O) groups is 3. The zero-order valence-corrected chi connectivity index (χ0v) is 14.6. The number of hydrogen-bond acceptors (Lipinski definition) is 4. The number of anilines is 1. The smallest absolute Gasteiger partial charge is 0.258 e. The highest BCUT2D eigenvalue weighted by molar-refractivity contribution is 6.23. The number of hydrogen-bond donors (Lipinski definition) is 1. The molecule has 2 aliphatic rings. The normalized spacial score (nSPS) is 22.3. The van der Waals surface area contributed by atoms with Crippen molar-refractivity contribution in [3.8, 4) is 11.5 Å². The zero-order chi connectivity index (χ0) is 19.0. The van der Waals surface area contributed by atoms with Gasteiger partial charge in [0.1, 0.15) is 11.5 Å². The molecule has 1 spiro atoms. The first-order valence-electron chi connectivity index (χ1n) is 8.69. The van der Waals surface area contributed by atoms with Crippen LogP contribution in [0.4, 0.5) is 5.69 Å². The first kappa shape index (κ1) is 17.0. The van der Waals surface area contributed by atoms with Crippen LogP contribution in [0.5, 0.6) is 11.5 Å². The largest absolute Gasteiger partial charge is 0.457 e. The van der Waals surface area contributed by atoms with Crippen molar-refractivity contribution in [2.45, 2.75) is 24.8 Å². The van der Waals surface area contributed by atoms with Crippen LogP contribution in [-0.4, -0.2) is 23.1 Å². The van der Waals surface area contributed by atoms with Crippen LogP contribution >= 0.6 is 0 Å². The third kappa shape index (κ3) is 2.79. The number of carbonyl (C=O) groups excluding carboxylic acids is 3. The Labute approximate surface area is 156 Å². The molecule has 2 amide bonds. The van der Waals surface area contributed by atoms with E-state index >= 15 is 0 Å². The molecule has 0 saturated carbocycles.